The monoisotopic (exact) mass is 442 g/mol. The summed E-state index contributed by atoms with van der Waals surface area (Å²) in [6.45, 7) is 5.70. The first-order valence-electron chi connectivity index (χ1n) is 9.54. The third-order valence-corrected chi connectivity index (χ3v) is 4.80. The Morgan fingerprint density at radius 3 is 2.44 bits per heavy atom. The summed E-state index contributed by atoms with van der Waals surface area (Å²) in [5.74, 6) is 0.132. The SMILES string of the molecule is C=C(Nc1ccc(-c2cc(C(F)(F)F)nn2C)c(F)c1)c1oc(-c2ccccc2)nc1C. The average molecular weight is 442 g/mol. The smallest absolute Gasteiger partial charge is 0.434 e. The predicted octanol–water partition coefficient (Wildman–Crippen LogP) is 6.29. The largest absolute Gasteiger partial charge is 0.435 e. The molecule has 4 aromatic rings. The molecule has 2 aromatic heterocycles. The Bertz CT molecular complexity index is 1290. The highest BCUT2D eigenvalue weighted by molar-refractivity contribution is 5.76. The van der Waals surface area contributed by atoms with Crippen molar-refractivity contribution in [3.05, 3.63) is 84.1 Å². The van der Waals surface area contributed by atoms with Gasteiger partial charge in [-0.05, 0) is 43.3 Å². The summed E-state index contributed by atoms with van der Waals surface area (Å²) in [5.41, 5.74) is 1.05. The summed E-state index contributed by atoms with van der Waals surface area (Å²) in [6, 6.07) is 14.2. The number of aryl methyl sites for hydroxylation is 2. The first-order chi connectivity index (χ1) is 15.1. The first-order valence-corrected chi connectivity index (χ1v) is 9.54. The first kappa shape index (κ1) is 21.4. The van der Waals surface area contributed by atoms with Crippen LogP contribution in [-0.2, 0) is 13.2 Å². The molecule has 0 aliphatic heterocycles. The highest BCUT2D eigenvalue weighted by Crippen LogP contribution is 2.33. The van der Waals surface area contributed by atoms with Gasteiger partial charge in [-0.15, -0.1) is 0 Å². The van der Waals surface area contributed by atoms with Gasteiger partial charge in [-0.25, -0.2) is 9.37 Å². The summed E-state index contributed by atoms with van der Waals surface area (Å²) in [6.07, 6.45) is -4.61. The number of halogens is 4. The molecule has 4 rings (SSSR count). The molecule has 0 saturated heterocycles. The number of hydrogen-bond donors (Lipinski definition) is 1. The van der Waals surface area contributed by atoms with Crippen molar-refractivity contribution in [2.75, 3.05) is 5.32 Å². The van der Waals surface area contributed by atoms with Crippen LogP contribution in [0.2, 0.25) is 0 Å². The molecule has 2 aromatic carbocycles. The standard InChI is InChI=1S/C23H18F4N4O/c1-13(21-14(2)29-22(32-21)15-7-5-4-6-8-15)28-16-9-10-17(18(24)11-16)19-12-20(23(25,26)27)30-31(19)3/h4-12,28H,1H2,2-3H3. The van der Waals surface area contributed by atoms with Gasteiger partial charge in [-0.3, -0.25) is 4.68 Å². The molecule has 2 heterocycles. The maximum atomic E-state index is 14.8. The highest BCUT2D eigenvalue weighted by atomic mass is 19.4. The van der Waals surface area contributed by atoms with E-state index in [-0.39, 0.29) is 11.3 Å². The van der Waals surface area contributed by atoms with Crippen LogP contribution in [0.25, 0.3) is 28.4 Å². The Hall–Kier alpha value is -3.88. The van der Waals surface area contributed by atoms with Gasteiger partial charge in [0.05, 0.1) is 17.1 Å². The summed E-state index contributed by atoms with van der Waals surface area (Å²) in [5, 5.41) is 6.38. The minimum absolute atomic E-state index is 0.00567. The minimum Gasteiger partial charge on any atom is -0.434 e. The van der Waals surface area contributed by atoms with Crippen molar-refractivity contribution in [1.82, 2.24) is 14.8 Å². The number of benzene rings is 2. The Kier molecular flexibility index (Phi) is 5.33. The summed E-state index contributed by atoms with van der Waals surface area (Å²) < 4.78 is 60.3. The second-order valence-electron chi connectivity index (χ2n) is 7.13. The number of nitrogens with one attached hydrogen (secondary N) is 1. The van der Waals surface area contributed by atoms with E-state index < -0.39 is 17.7 Å². The lowest BCUT2D eigenvalue weighted by Gasteiger charge is -2.10. The van der Waals surface area contributed by atoms with Crippen molar-refractivity contribution in [3.8, 4) is 22.7 Å². The van der Waals surface area contributed by atoms with Crippen LogP contribution >= 0.6 is 0 Å². The van der Waals surface area contributed by atoms with Crippen molar-refractivity contribution >= 4 is 11.4 Å². The molecule has 0 bridgehead atoms. The Balaban J connectivity index is 1.57. The van der Waals surface area contributed by atoms with Gasteiger partial charge in [0.15, 0.2) is 11.5 Å². The van der Waals surface area contributed by atoms with E-state index in [1.165, 1.54) is 25.2 Å². The Morgan fingerprint density at radius 2 is 1.81 bits per heavy atom. The molecule has 0 radical (unpaired) electrons. The molecule has 1 N–H and O–H groups in total. The van der Waals surface area contributed by atoms with E-state index in [1.54, 1.807) is 6.92 Å². The van der Waals surface area contributed by atoms with Crippen LogP contribution in [-0.4, -0.2) is 14.8 Å². The van der Waals surface area contributed by atoms with Crippen molar-refractivity contribution in [3.63, 3.8) is 0 Å². The van der Waals surface area contributed by atoms with Gasteiger partial charge in [0.1, 0.15) is 5.82 Å². The van der Waals surface area contributed by atoms with Crippen molar-refractivity contribution in [2.24, 2.45) is 7.05 Å². The van der Waals surface area contributed by atoms with Crippen molar-refractivity contribution in [1.29, 1.82) is 0 Å². The fourth-order valence-electron chi connectivity index (χ4n) is 3.27. The molecular formula is C23H18F4N4O. The number of aromatic nitrogens is 3. The van der Waals surface area contributed by atoms with Gasteiger partial charge in [-0.2, -0.15) is 18.3 Å². The van der Waals surface area contributed by atoms with E-state index in [0.717, 1.165) is 16.3 Å². The normalized spacial score (nSPS) is 11.6. The number of anilines is 1. The van der Waals surface area contributed by atoms with Crippen molar-refractivity contribution < 1.29 is 22.0 Å². The molecule has 0 aliphatic carbocycles. The average Bonchev–Trinajstić information content (AvgIpc) is 3.32. The predicted molar refractivity (Wildman–Crippen MR) is 113 cm³/mol. The van der Waals surface area contributed by atoms with Crippen LogP contribution in [0.1, 0.15) is 17.1 Å². The van der Waals surface area contributed by atoms with E-state index in [2.05, 4.69) is 22.0 Å². The molecule has 0 amide bonds. The molecule has 0 aliphatic rings. The lowest BCUT2D eigenvalue weighted by molar-refractivity contribution is -0.141. The van der Waals surface area contributed by atoms with Gasteiger partial charge >= 0.3 is 6.18 Å². The minimum atomic E-state index is -4.61. The molecular weight excluding hydrogens is 424 g/mol. The number of hydrogen-bond acceptors (Lipinski definition) is 4. The van der Waals surface area contributed by atoms with Gasteiger partial charge in [0, 0.05) is 23.9 Å². The maximum Gasteiger partial charge on any atom is 0.435 e. The molecule has 0 atom stereocenters. The number of alkyl halides is 3. The molecule has 0 fully saturated rings. The maximum absolute atomic E-state index is 14.8. The summed E-state index contributed by atoms with van der Waals surface area (Å²) in [7, 11) is 1.33. The lowest BCUT2D eigenvalue weighted by atomic mass is 10.1. The molecule has 164 valence electrons. The molecule has 32 heavy (non-hydrogen) atoms. The molecule has 5 nitrogen and oxygen atoms in total. The van der Waals surface area contributed by atoms with E-state index in [0.29, 0.717) is 28.7 Å². The number of nitrogens with zero attached hydrogens (tertiary/aromatic N) is 3. The van der Waals surface area contributed by atoms with Crippen LogP contribution in [0, 0.1) is 12.7 Å². The van der Waals surface area contributed by atoms with Gasteiger partial charge in [0.2, 0.25) is 5.89 Å². The zero-order valence-corrected chi connectivity index (χ0v) is 17.2. The summed E-state index contributed by atoms with van der Waals surface area (Å²) in [4.78, 5) is 4.40. The van der Waals surface area contributed by atoms with Crippen LogP contribution in [0.15, 0.2) is 65.6 Å². The third kappa shape index (κ3) is 4.14. The molecule has 9 heteroatoms. The Morgan fingerprint density at radius 1 is 1.09 bits per heavy atom. The third-order valence-electron chi connectivity index (χ3n) is 4.80. The van der Waals surface area contributed by atoms with Gasteiger partial charge in [0.25, 0.3) is 0 Å². The van der Waals surface area contributed by atoms with Crippen LogP contribution in [0.4, 0.5) is 23.2 Å². The summed E-state index contributed by atoms with van der Waals surface area (Å²) >= 11 is 0. The van der Waals surface area contributed by atoms with Crippen molar-refractivity contribution in [2.45, 2.75) is 13.1 Å². The van der Waals surface area contributed by atoms with E-state index >= 15 is 0 Å². The van der Waals surface area contributed by atoms with Gasteiger partial charge in [-0.1, -0.05) is 24.8 Å². The lowest BCUT2D eigenvalue weighted by Crippen LogP contribution is -2.06. The highest BCUT2D eigenvalue weighted by Gasteiger charge is 2.35. The topological polar surface area (TPSA) is 55.9 Å². The fraction of sp³-hybridized carbons (Fsp3) is 0.130. The van der Waals surface area contributed by atoms with E-state index in [1.807, 2.05) is 30.3 Å². The van der Waals surface area contributed by atoms with E-state index in [4.69, 9.17) is 4.42 Å². The van der Waals surface area contributed by atoms with Crippen LogP contribution in [0.3, 0.4) is 0 Å². The quantitative estimate of drug-likeness (QED) is 0.369. The van der Waals surface area contributed by atoms with Crippen LogP contribution in [0.5, 0.6) is 0 Å². The van der Waals surface area contributed by atoms with Gasteiger partial charge < -0.3 is 9.73 Å². The Labute approximate surface area is 181 Å². The molecule has 0 spiro atoms. The fourth-order valence-corrected chi connectivity index (χ4v) is 3.27. The number of rotatable bonds is 5. The van der Waals surface area contributed by atoms with Crippen LogP contribution < -0.4 is 5.32 Å². The second-order valence-corrected chi connectivity index (χ2v) is 7.13. The second kappa shape index (κ2) is 7.99. The molecule has 0 saturated carbocycles. The van der Waals surface area contributed by atoms with E-state index in [9.17, 15) is 17.6 Å². The molecule has 0 unspecified atom stereocenters. The zero-order valence-electron chi connectivity index (χ0n) is 17.2. The zero-order chi connectivity index (χ0) is 23.0. The number of oxazole rings is 1.